The third-order valence-corrected chi connectivity index (χ3v) is 3.73. The lowest BCUT2D eigenvalue weighted by molar-refractivity contribution is 0.138. The summed E-state index contributed by atoms with van der Waals surface area (Å²) in [5.41, 5.74) is 0.202. The molecule has 0 saturated carbocycles. The van der Waals surface area contributed by atoms with Crippen molar-refractivity contribution in [3.63, 3.8) is 0 Å². The van der Waals surface area contributed by atoms with E-state index in [9.17, 15) is 0 Å². The van der Waals surface area contributed by atoms with Gasteiger partial charge in [-0.3, -0.25) is 4.90 Å². The van der Waals surface area contributed by atoms with E-state index in [0.717, 1.165) is 37.8 Å². The van der Waals surface area contributed by atoms with Gasteiger partial charge in [-0.05, 0) is 40.0 Å². The van der Waals surface area contributed by atoms with Gasteiger partial charge in [0.1, 0.15) is 11.6 Å². The number of piperazine rings is 1. The van der Waals surface area contributed by atoms with Gasteiger partial charge in [0.15, 0.2) is 0 Å². The van der Waals surface area contributed by atoms with Gasteiger partial charge in [0, 0.05) is 31.7 Å². The molecule has 100 valence electrons. The third-order valence-electron chi connectivity index (χ3n) is 3.73. The summed E-state index contributed by atoms with van der Waals surface area (Å²) in [4.78, 5) is 9.46. The van der Waals surface area contributed by atoms with Gasteiger partial charge in [0.2, 0.25) is 0 Å². The summed E-state index contributed by atoms with van der Waals surface area (Å²) in [6.45, 7) is 10.7. The summed E-state index contributed by atoms with van der Waals surface area (Å²) in [5.74, 6) is 2.04. The maximum atomic E-state index is 4.67. The van der Waals surface area contributed by atoms with Gasteiger partial charge >= 0.3 is 0 Å². The van der Waals surface area contributed by atoms with Gasteiger partial charge in [-0.15, -0.1) is 0 Å². The van der Waals surface area contributed by atoms with Crippen molar-refractivity contribution in [3.05, 3.63) is 18.2 Å². The van der Waals surface area contributed by atoms with E-state index in [0.29, 0.717) is 0 Å². The van der Waals surface area contributed by atoms with Crippen molar-refractivity contribution >= 4 is 11.6 Å². The molecule has 2 rings (SSSR count). The predicted octanol–water partition coefficient (Wildman–Crippen LogP) is 2.04. The monoisotopic (exact) mass is 248 g/mol. The van der Waals surface area contributed by atoms with Crippen LogP contribution >= 0.6 is 0 Å². The second kappa shape index (κ2) is 5.14. The Morgan fingerprint density at radius 2 is 2.11 bits per heavy atom. The summed E-state index contributed by atoms with van der Waals surface area (Å²) < 4.78 is 0. The van der Waals surface area contributed by atoms with Gasteiger partial charge in [0.25, 0.3) is 0 Å². The van der Waals surface area contributed by atoms with Gasteiger partial charge < -0.3 is 10.2 Å². The predicted molar refractivity (Wildman–Crippen MR) is 77.3 cm³/mol. The lowest BCUT2D eigenvalue weighted by atomic mass is 10.00. The Kier molecular flexibility index (Phi) is 3.76. The van der Waals surface area contributed by atoms with E-state index in [4.69, 9.17) is 0 Å². The molecule has 1 fully saturated rings. The van der Waals surface area contributed by atoms with E-state index in [1.807, 2.05) is 6.07 Å². The zero-order valence-corrected chi connectivity index (χ0v) is 11.9. The minimum atomic E-state index is 0.202. The molecular formula is C14H24N4. The van der Waals surface area contributed by atoms with Crippen LogP contribution < -0.4 is 10.2 Å². The van der Waals surface area contributed by atoms with E-state index in [-0.39, 0.29) is 5.54 Å². The van der Waals surface area contributed by atoms with Crippen LogP contribution in [-0.2, 0) is 0 Å². The van der Waals surface area contributed by atoms with Crippen LogP contribution in [0.4, 0.5) is 11.6 Å². The maximum Gasteiger partial charge on any atom is 0.131 e. The Morgan fingerprint density at radius 3 is 2.78 bits per heavy atom. The molecule has 4 nitrogen and oxygen atoms in total. The highest BCUT2D eigenvalue weighted by atomic mass is 15.3. The highest BCUT2D eigenvalue weighted by molar-refractivity contribution is 5.47. The van der Waals surface area contributed by atoms with Gasteiger partial charge in [-0.1, -0.05) is 6.07 Å². The fourth-order valence-corrected chi connectivity index (χ4v) is 2.31. The fraction of sp³-hybridized carbons (Fsp3) is 0.643. The summed E-state index contributed by atoms with van der Waals surface area (Å²) in [6, 6.07) is 6.20. The number of hydrogen-bond donors (Lipinski definition) is 1. The lowest BCUT2D eigenvalue weighted by Crippen LogP contribution is -2.57. The molecule has 1 saturated heterocycles. The topological polar surface area (TPSA) is 31.4 Å². The van der Waals surface area contributed by atoms with E-state index in [1.54, 1.807) is 0 Å². The number of pyridine rings is 1. The molecule has 0 spiro atoms. The van der Waals surface area contributed by atoms with E-state index in [2.05, 4.69) is 60.1 Å². The standard InChI is InChI=1S/C14H24N4/c1-5-15-12-7-6-8-13(16-12)18-10-9-17(4)14(2,3)11-18/h6-8H,5,9-11H2,1-4H3,(H,15,16). The number of nitrogens with zero attached hydrogens (tertiary/aromatic N) is 3. The first kappa shape index (κ1) is 13.1. The Bertz CT molecular complexity index is 403. The van der Waals surface area contributed by atoms with Gasteiger partial charge in [-0.25, -0.2) is 4.98 Å². The minimum absolute atomic E-state index is 0.202. The molecule has 2 heterocycles. The quantitative estimate of drug-likeness (QED) is 0.887. The van der Waals surface area contributed by atoms with E-state index in [1.165, 1.54) is 0 Å². The maximum absolute atomic E-state index is 4.67. The Hall–Kier alpha value is -1.29. The van der Waals surface area contributed by atoms with Crippen LogP contribution in [0.15, 0.2) is 18.2 Å². The van der Waals surface area contributed by atoms with Crippen molar-refractivity contribution in [2.45, 2.75) is 26.3 Å². The number of likely N-dealkylation sites (N-methyl/N-ethyl adjacent to an activating group) is 1. The molecule has 18 heavy (non-hydrogen) atoms. The molecule has 1 N–H and O–H groups in total. The van der Waals surface area contributed by atoms with Crippen molar-refractivity contribution in [3.8, 4) is 0 Å². The minimum Gasteiger partial charge on any atom is -0.370 e. The van der Waals surface area contributed by atoms with Crippen LogP contribution in [0.25, 0.3) is 0 Å². The van der Waals surface area contributed by atoms with E-state index >= 15 is 0 Å². The van der Waals surface area contributed by atoms with Crippen molar-refractivity contribution in [2.24, 2.45) is 0 Å². The number of aromatic nitrogens is 1. The van der Waals surface area contributed by atoms with Crippen LogP contribution in [0.5, 0.6) is 0 Å². The van der Waals surface area contributed by atoms with Gasteiger partial charge in [-0.2, -0.15) is 0 Å². The first-order valence-electron chi connectivity index (χ1n) is 6.70. The molecular weight excluding hydrogens is 224 g/mol. The van der Waals surface area contributed by atoms with Crippen LogP contribution in [0.1, 0.15) is 20.8 Å². The molecule has 0 bridgehead atoms. The zero-order chi connectivity index (χ0) is 13.2. The SMILES string of the molecule is CCNc1cccc(N2CCN(C)C(C)(C)C2)n1. The number of anilines is 2. The average molecular weight is 248 g/mol. The summed E-state index contributed by atoms with van der Waals surface area (Å²) in [7, 11) is 2.19. The summed E-state index contributed by atoms with van der Waals surface area (Å²) >= 11 is 0. The molecule has 1 aliphatic heterocycles. The molecule has 0 radical (unpaired) electrons. The molecule has 1 aliphatic rings. The van der Waals surface area contributed by atoms with Crippen molar-refractivity contribution < 1.29 is 0 Å². The van der Waals surface area contributed by atoms with Crippen LogP contribution in [0.3, 0.4) is 0 Å². The zero-order valence-electron chi connectivity index (χ0n) is 11.9. The molecule has 1 aromatic heterocycles. The van der Waals surface area contributed by atoms with E-state index < -0.39 is 0 Å². The third kappa shape index (κ3) is 2.75. The van der Waals surface area contributed by atoms with Gasteiger partial charge in [0.05, 0.1) is 0 Å². The van der Waals surface area contributed by atoms with Crippen LogP contribution in [0, 0.1) is 0 Å². The van der Waals surface area contributed by atoms with Crippen molar-refractivity contribution in [2.75, 3.05) is 43.4 Å². The lowest BCUT2D eigenvalue weighted by Gasteiger charge is -2.45. The Balaban J connectivity index is 2.14. The fourth-order valence-electron chi connectivity index (χ4n) is 2.31. The smallest absolute Gasteiger partial charge is 0.131 e. The Morgan fingerprint density at radius 1 is 1.33 bits per heavy atom. The largest absolute Gasteiger partial charge is 0.370 e. The van der Waals surface area contributed by atoms with Crippen molar-refractivity contribution in [1.29, 1.82) is 0 Å². The summed E-state index contributed by atoms with van der Waals surface area (Å²) in [6.07, 6.45) is 0. The molecule has 0 atom stereocenters. The normalized spacial score (nSPS) is 19.9. The van der Waals surface area contributed by atoms with Crippen LogP contribution in [-0.4, -0.2) is 48.6 Å². The first-order chi connectivity index (χ1) is 8.53. The first-order valence-corrected chi connectivity index (χ1v) is 6.70. The average Bonchev–Trinajstić information content (AvgIpc) is 2.33. The molecule has 0 aliphatic carbocycles. The number of nitrogens with one attached hydrogen (secondary N) is 1. The highest BCUT2D eigenvalue weighted by Gasteiger charge is 2.31. The Labute approximate surface area is 110 Å². The molecule has 4 heteroatoms. The van der Waals surface area contributed by atoms with Crippen molar-refractivity contribution in [1.82, 2.24) is 9.88 Å². The molecule has 0 aromatic carbocycles. The highest BCUT2D eigenvalue weighted by Crippen LogP contribution is 2.23. The molecule has 0 amide bonds. The second-order valence-corrected chi connectivity index (χ2v) is 5.57. The number of rotatable bonds is 3. The summed E-state index contributed by atoms with van der Waals surface area (Å²) in [5, 5.41) is 3.27. The molecule has 0 unspecified atom stereocenters. The van der Waals surface area contributed by atoms with Crippen LogP contribution in [0.2, 0.25) is 0 Å². The number of hydrogen-bond acceptors (Lipinski definition) is 4. The molecule has 1 aromatic rings. The second-order valence-electron chi connectivity index (χ2n) is 5.57.